The van der Waals surface area contributed by atoms with E-state index in [2.05, 4.69) is 16.9 Å². The molecule has 15 heavy (non-hydrogen) atoms. The van der Waals surface area contributed by atoms with Crippen LogP contribution < -0.4 is 10.6 Å². The second-order valence-corrected chi connectivity index (χ2v) is 4.21. The number of halogens is 1. The summed E-state index contributed by atoms with van der Waals surface area (Å²) in [5.41, 5.74) is 5.91. The van der Waals surface area contributed by atoms with Gasteiger partial charge in [0, 0.05) is 19.1 Å². The first-order valence-electron chi connectivity index (χ1n) is 5.13. The predicted octanol–water partition coefficient (Wildman–Crippen LogP) is 0.789. The Balaban J connectivity index is 2.12. The molecule has 5 heteroatoms. The molecule has 82 valence electrons. The highest BCUT2D eigenvalue weighted by Crippen LogP contribution is 2.18. The molecule has 1 aromatic heterocycles. The van der Waals surface area contributed by atoms with Crippen LogP contribution in [0.25, 0.3) is 0 Å². The third kappa shape index (κ3) is 2.41. The van der Waals surface area contributed by atoms with Gasteiger partial charge in [0.1, 0.15) is 0 Å². The summed E-state index contributed by atoms with van der Waals surface area (Å²) in [5.74, 6) is 0.689. The van der Waals surface area contributed by atoms with Gasteiger partial charge < -0.3 is 10.6 Å². The molecule has 2 rings (SSSR count). The van der Waals surface area contributed by atoms with Gasteiger partial charge in [0.15, 0.2) is 5.82 Å². The zero-order valence-electron chi connectivity index (χ0n) is 8.73. The van der Waals surface area contributed by atoms with Gasteiger partial charge in [-0.2, -0.15) is 0 Å². The van der Waals surface area contributed by atoms with E-state index < -0.39 is 5.82 Å². The van der Waals surface area contributed by atoms with Gasteiger partial charge >= 0.3 is 0 Å². The molecule has 0 aromatic carbocycles. The second-order valence-electron chi connectivity index (χ2n) is 4.21. The lowest BCUT2D eigenvalue weighted by molar-refractivity contribution is 0.397. The lowest BCUT2D eigenvalue weighted by Crippen LogP contribution is -2.47. The summed E-state index contributed by atoms with van der Waals surface area (Å²) in [6, 6.07) is 0.155. The van der Waals surface area contributed by atoms with E-state index in [1.807, 2.05) is 4.90 Å². The van der Waals surface area contributed by atoms with Gasteiger partial charge in [0.25, 0.3) is 0 Å². The van der Waals surface area contributed by atoms with Crippen molar-refractivity contribution >= 4 is 5.95 Å². The summed E-state index contributed by atoms with van der Waals surface area (Å²) < 4.78 is 12.6. The maximum Gasteiger partial charge on any atom is 0.225 e. The molecule has 1 fully saturated rings. The minimum absolute atomic E-state index is 0.155. The Kier molecular flexibility index (Phi) is 2.81. The molecule has 0 saturated carbocycles. The number of hydrogen-bond acceptors (Lipinski definition) is 4. The number of nitrogens with zero attached hydrogens (tertiary/aromatic N) is 3. The maximum absolute atomic E-state index is 12.6. The van der Waals surface area contributed by atoms with Crippen LogP contribution >= 0.6 is 0 Å². The smallest absolute Gasteiger partial charge is 0.225 e. The molecular weight excluding hydrogens is 195 g/mol. The van der Waals surface area contributed by atoms with Crippen molar-refractivity contribution < 1.29 is 4.39 Å². The molecular formula is C10H15FN4. The Hall–Kier alpha value is -1.23. The van der Waals surface area contributed by atoms with Crippen LogP contribution in [0.2, 0.25) is 0 Å². The fraction of sp³-hybridized carbons (Fsp3) is 0.600. The van der Waals surface area contributed by atoms with Crippen molar-refractivity contribution in [1.82, 2.24) is 9.97 Å². The monoisotopic (exact) mass is 210 g/mol. The van der Waals surface area contributed by atoms with Gasteiger partial charge in [-0.05, 0) is 12.3 Å². The maximum atomic E-state index is 12.6. The summed E-state index contributed by atoms with van der Waals surface area (Å²) in [6.45, 7) is 3.78. The van der Waals surface area contributed by atoms with Crippen LogP contribution in [0.3, 0.4) is 0 Å². The van der Waals surface area contributed by atoms with Crippen LogP contribution in [0, 0.1) is 11.7 Å². The highest BCUT2D eigenvalue weighted by Gasteiger charge is 2.23. The van der Waals surface area contributed by atoms with Crippen molar-refractivity contribution in [3.63, 3.8) is 0 Å². The van der Waals surface area contributed by atoms with Gasteiger partial charge in [0.05, 0.1) is 12.4 Å². The Morgan fingerprint density at radius 2 is 2.07 bits per heavy atom. The summed E-state index contributed by atoms with van der Waals surface area (Å²) in [5, 5.41) is 0. The van der Waals surface area contributed by atoms with Crippen molar-refractivity contribution in [3.8, 4) is 0 Å². The van der Waals surface area contributed by atoms with Gasteiger partial charge in [-0.15, -0.1) is 0 Å². The Morgan fingerprint density at radius 1 is 1.40 bits per heavy atom. The highest BCUT2D eigenvalue weighted by molar-refractivity contribution is 5.30. The lowest BCUT2D eigenvalue weighted by atomic mass is 9.97. The average molecular weight is 210 g/mol. The van der Waals surface area contributed by atoms with Gasteiger partial charge in [0.2, 0.25) is 5.95 Å². The zero-order valence-corrected chi connectivity index (χ0v) is 8.73. The molecule has 4 nitrogen and oxygen atoms in total. The number of piperidine rings is 1. The van der Waals surface area contributed by atoms with Crippen molar-refractivity contribution in [2.45, 2.75) is 19.4 Å². The standard InChI is InChI=1S/C10H15FN4/c1-7-2-9(12)6-15(5-7)10-13-3-8(11)4-14-10/h3-4,7,9H,2,5-6,12H2,1H3. The summed E-state index contributed by atoms with van der Waals surface area (Å²) >= 11 is 0. The first-order chi connectivity index (χ1) is 7.15. The average Bonchev–Trinajstić information content (AvgIpc) is 2.17. The molecule has 0 spiro atoms. The number of rotatable bonds is 1. The van der Waals surface area contributed by atoms with E-state index in [0.717, 1.165) is 19.5 Å². The van der Waals surface area contributed by atoms with Gasteiger partial charge in [-0.25, -0.2) is 14.4 Å². The molecule has 1 aliphatic heterocycles. The normalized spacial score (nSPS) is 26.7. The van der Waals surface area contributed by atoms with E-state index in [1.54, 1.807) is 0 Å². The Morgan fingerprint density at radius 3 is 2.67 bits per heavy atom. The predicted molar refractivity (Wildman–Crippen MR) is 56.0 cm³/mol. The van der Waals surface area contributed by atoms with Gasteiger partial charge in [-0.1, -0.05) is 6.92 Å². The quantitative estimate of drug-likeness (QED) is 0.744. The van der Waals surface area contributed by atoms with Crippen LogP contribution in [-0.4, -0.2) is 29.1 Å². The second kappa shape index (κ2) is 4.10. The molecule has 1 saturated heterocycles. The number of nitrogens with two attached hydrogens (primary N) is 1. The Labute approximate surface area is 88.3 Å². The van der Waals surface area contributed by atoms with Crippen molar-refractivity contribution in [3.05, 3.63) is 18.2 Å². The van der Waals surface area contributed by atoms with E-state index >= 15 is 0 Å². The summed E-state index contributed by atoms with van der Waals surface area (Å²) in [7, 11) is 0. The number of hydrogen-bond donors (Lipinski definition) is 1. The third-order valence-corrected chi connectivity index (χ3v) is 2.58. The summed E-state index contributed by atoms with van der Waals surface area (Å²) in [6.07, 6.45) is 3.40. The molecule has 1 aliphatic rings. The SMILES string of the molecule is CC1CC(N)CN(c2ncc(F)cn2)C1. The molecule has 2 atom stereocenters. The molecule has 0 amide bonds. The molecule has 0 bridgehead atoms. The van der Waals surface area contributed by atoms with Crippen LogP contribution in [0.5, 0.6) is 0 Å². The van der Waals surface area contributed by atoms with E-state index in [-0.39, 0.29) is 6.04 Å². The lowest BCUT2D eigenvalue weighted by Gasteiger charge is -2.34. The van der Waals surface area contributed by atoms with Crippen LogP contribution in [0.15, 0.2) is 12.4 Å². The minimum atomic E-state index is -0.409. The first-order valence-corrected chi connectivity index (χ1v) is 5.13. The molecule has 2 N–H and O–H groups in total. The molecule has 2 unspecified atom stereocenters. The minimum Gasteiger partial charge on any atom is -0.339 e. The van der Waals surface area contributed by atoms with Crippen LogP contribution in [0.4, 0.5) is 10.3 Å². The zero-order chi connectivity index (χ0) is 10.8. The molecule has 1 aromatic rings. The highest BCUT2D eigenvalue weighted by atomic mass is 19.1. The topological polar surface area (TPSA) is 55.0 Å². The van der Waals surface area contributed by atoms with Crippen LogP contribution in [-0.2, 0) is 0 Å². The number of anilines is 1. The largest absolute Gasteiger partial charge is 0.339 e. The fourth-order valence-electron chi connectivity index (χ4n) is 2.03. The molecule has 2 heterocycles. The van der Waals surface area contributed by atoms with E-state index in [9.17, 15) is 4.39 Å². The Bertz CT molecular complexity index is 317. The van der Waals surface area contributed by atoms with E-state index in [1.165, 1.54) is 12.4 Å². The molecule has 0 aliphatic carbocycles. The van der Waals surface area contributed by atoms with E-state index in [0.29, 0.717) is 11.9 Å². The van der Waals surface area contributed by atoms with Crippen molar-refractivity contribution in [2.24, 2.45) is 11.7 Å². The van der Waals surface area contributed by atoms with Crippen molar-refractivity contribution in [2.75, 3.05) is 18.0 Å². The van der Waals surface area contributed by atoms with E-state index in [4.69, 9.17) is 5.73 Å². The summed E-state index contributed by atoms with van der Waals surface area (Å²) in [4.78, 5) is 9.92. The fourth-order valence-corrected chi connectivity index (χ4v) is 2.03. The number of aromatic nitrogens is 2. The van der Waals surface area contributed by atoms with Crippen LogP contribution in [0.1, 0.15) is 13.3 Å². The molecule has 0 radical (unpaired) electrons. The van der Waals surface area contributed by atoms with Crippen molar-refractivity contribution in [1.29, 1.82) is 0 Å². The third-order valence-electron chi connectivity index (χ3n) is 2.58. The van der Waals surface area contributed by atoms with Gasteiger partial charge in [-0.3, -0.25) is 0 Å². The first kappa shape index (κ1) is 10.3.